The second-order valence-corrected chi connectivity index (χ2v) is 12.2. The zero-order valence-corrected chi connectivity index (χ0v) is 28.4. The molecule has 0 saturated carbocycles. The molecule has 4 aromatic carbocycles. The number of non-ortho nitro benzene ring substituents is 2. The number of ether oxygens (including phenoxy) is 3. The third kappa shape index (κ3) is 7.32. The van der Waals surface area contributed by atoms with Gasteiger partial charge in [-0.25, -0.2) is 9.59 Å². The molecule has 2 aromatic heterocycles. The average Bonchev–Trinajstić information content (AvgIpc) is 3.09. The molecule has 0 aliphatic carbocycles. The van der Waals surface area contributed by atoms with E-state index in [9.17, 15) is 29.8 Å². The zero-order chi connectivity index (χ0) is 36.4. The van der Waals surface area contributed by atoms with Gasteiger partial charge in [-0.15, -0.1) is 0 Å². The van der Waals surface area contributed by atoms with E-state index in [0.29, 0.717) is 33.0 Å². The van der Waals surface area contributed by atoms with Crippen LogP contribution in [0.5, 0.6) is 11.5 Å². The summed E-state index contributed by atoms with van der Waals surface area (Å²) < 4.78 is 28.2. The fourth-order valence-electron chi connectivity index (χ4n) is 5.82. The second-order valence-electron chi connectivity index (χ2n) is 11.4. The summed E-state index contributed by atoms with van der Waals surface area (Å²) in [6, 6.07) is 17.8. The quantitative estimate of drug-likeness (QED) is 0.0672. The topological polar surface area (TPSA) is 174 Å². The maximum atomic E-state index is 13.3. The first-order chi connectivity index (χ1) is 24.5. The Bertz CT molecular complexity index is 2310. The fourth-order valence-corrected chi connectivity index (χ4v) is 6.23. The van der Waals surface area contributed by atoms with E-state index in [0.717, 1.165) is 0 Å². The first-order valence-corrected chi connectivity index (χ1v) is 15.9. The molecule has 15 heteroatoms. The Balaban J connectivity index is 1.38. The number of hydrogen-bond acceptors (Lipinski definition) is 11. The third-order valence-electron chi connectivity index (χ3n) is 8.15. The summed E-state index contributed by atoms with van der Waals surface area (Å²) >= 11 is 13.4. The monoisotopic (exact) mass is 732 g/mol. The summed E-state index contributed by atoms with van der Waals surface area (Å²) in [6.07, 6.45) is 0.0922. The van der Waals surface area contributed by atoms with E-state index in [4.69, 9.17) is 46.2 Å². The van der Waals surface area contributed by atoms with Crippen LogP contribution < -0.4 is 16.0 Å². The highest BCUT2D eigenvalue weighted by atomic mass is 35.5. The van der Waals surface area contributed by atoms with Crippen LogP contribution in [0.1, 0.15) is 33.4 Å². The van der Waals surface area contributed by atoms with Crippen molar-refractivity contribution in [3.63, 3.8) is 0 Å². The molecule has 13 nitrogen and oxygen atoms in total. The Morgan fingerprint density at radius 1 is 0.627 bits per heavy atom. The normalized spacial score (nSPS) is 11.3. The number of rotatable bonds is 12. The molecule has 2 heterocycles. The van der Waals surface area contributed by atoms with E-state index in [1.165, 1.54) is 62.8 Å². The van der Waals surface area contributed by atoms with Crippen LogP contribution in [-0.2, 0) is 35.5 Å². The number of halogens is 2. The minimum absolute atomic E-state index is 0.0192. The predicted octanol–water partition coefficient (Wildman–Crippen LogP) is 8.29. The van der Waals surface area contributed by atoms with E-state index in [1.807, 2.05) is 0 Å². The summed E-state index contributed by atoms with van der Waals surface area (Å²) in [5.74, 6) is 0.148. The van der Waals surface area contributed by atoms with Crippen LogP contribution in [0.2, 0.25) is 10.0 Å². The van der Waals surface area contributed by atoms with Crippen molar-refractivity contribution in [3.8, 4) is 11.5 Å². The van der Waals surface area contributed by atoms with Gasteiger partial charge in [0.25, 0.3) is 11.4 Å². The number of fused-ring (bicyclic) bond motifs is 2. The molecule has 0 bridgehead atoms. The predicted molar refractivity (Wildman–Crippen MR) is 188 cm³/mol. The van der Waals surface area contributed by atoms with Gasteiger partial charge in [0.1, 0.15) is 22.7 Å². The van der Waals surface area contributed by atoms with E-state index in [2.05, 4.69) is 0 Å². The van der Waals surface area contributed by atoms with Gasteiger partial charge in [-0.3, -0.25) is 20.2 Å². The largest absolute Gasteiger partial charge is 0.454 e. The van der Waals surface area contributed by atoms with Gasteiger partial charge in [-0.2, -0.15) is 0 Å². The first kappa shape index (κ1) is 35.2. The molecule has 51 heavy (non-hydrogen) atoms. The lowest BCUT2D eigenvalue weighted by Gasteiger charge is -2.15. The molecule has 0 unspecified atom stereocenters. The average molecular weight is 734 g/mol. The van der Waals surface area contributed by atoms with Gasteiger partial charge < -0.3 is 23.0 Å². The molecule has 6 rings (SSSR count). The SMILES string of the molecule is COCc1c(Cc2cccc([N+](=O)[O-])c2)c(=O)oc2cc(Oc3cc4oc(=O)c(Cc5cccc([N+](=O)[O-])c5)c(COC)c4cc3Cl)c(Cl)cc12. The number of nitro groups is 2. The molecule has 0 radical (unpaired) electrons. The van der Waals surface area contributed by atoms with Crippen LogP contribution in [0.4, 0.5) is 11.4 Å². The summed E-state index contributed by atoms with van der Waals surface area (Å²) in [5, 5.41) is 23.8. The van der Waals surface area contributed by atoms with Crippen molar-refractivity contribution < 1.29 is 32.9 Å². The van der Waals surface area contributed by atoms with E-state index >= 15 is 0 Å². The highest BCUT2D eigenvalue weighted by Crippen LogP contribution is 2.40. The van der Waals surface area contributed by atoms with Gasteiger partial charge in [0.05, 0.1) is 33.1 Å². The molecule has 0 saturated heterocycles. The molecule has 0 amide bonds. The first-order valence-electron chi connectivity index (χ1n) is 15.2. The number of methoxy groups -OCH3 is 2. The van der Waals surface area contributed by atoms with Crippen molar-refractivity contribution in [1.82, 2.24) is 0 Å². The Labute approximate surface area is 297 Å². The van der Waals surface area contributed by atoms with Gasteiger partial charge in [-0.1, -0.05) is 47.5 Å². The van der Waals surface area contributed by atoms with Crippen LogP contribution in [0, 0.1) is 20.2 Å². The molecule has 260 valence electrons. The van der Waals surface area contributed by atoms with E-state index < -0.39 is 21.1 Å². The highest BCUT2D eigenvalue weighted by Gasteiger charge is 2.22. The molecule has 0 fully saturated rings. The van der Waals surface area contributed by atoms with Gasteiger partial charge in [0.2, 0.25) is 0 Å². The fraction of sp³-hybridized carbons (Fsp3) is 0.167. The number of nitro benzene ring substituents is 2. The van der Waals surface area contributed by atoms with Gasteiger partial charge in [0, 0.05) is 85.4 Å². The van der Waals surface area contributed by atoms with Crippen LogP contribution in [0.25, 0.3) is 21.9 Å². The minimum Gasteiger partial charge on any atom is -0.454 e. The van der Waals surface area contributed by atoms with Crippen molar-refractivity contribution in [2.24, 2.45) is 0 Å². The standard InChI is InChI=1S/C36H26Cl2N2O11/c1-47-17-27-23-13-29(37)33(15-31(23)50-35(41)25(27)11-19-5-3-7-21(9-19)39(43)44)49-34-16-32-24(14-30(34)38)28(18-48-2)26(36(42)51-32)12-20-6-4-8-22(10-20)40(45)46/h3-10,13-16H,11-12,17-18H2,1-2H3. The Morgan fingerprint density at radius 3 is 1.41 bits per heavy atom. The maximum Gasteiger partial charge on any atom is 0.340 e. The van der Waals surface area contributed by atoms with Crippen LogP contribution in [0.15, 0.2) is 91.2 Å². The van der Waals surface area contributed by atoms with E-state index in [-0.39, 0.29) is 81.3 Å². The number of benzene rings is 4. The van der Waals surface area contributed by atoms with Gasteiger partial charge in [0.15, 0.2) is 0 Å². The second kappa shape index (κ2) is 14.7. The van der Waals surface area contributed by atoms with Crippen molar-refractivity contribution in [2.45, 2.75) is 26.1 Å². The molecular formula is C36H26Cl2N2O11. The summed E-state index contributed by atoms with van der Waals surface area (Å²) in [6.45, 7) is 0.0385. The lowest BCUT2D eigenvalue weighted by Crippen LogP contribution is -2.14. The number of hydrogen-bond donors (Lipinski definition) is 0. The van der Waals surface area contributed by atoms with Crippen molar-refractivity contribution in [1.29, 1.82) is 0 Å². The minimum atomic E-state index is -0.675. The van der Waals surface area contributed by atoms with Gasteiger partial charge in [-0.05, 0) is 34.4 Å². The molecule has 0 aliphatic rings. The Hall–Kier alpha value is -5.60. The van der Waals surface area contributed by atoms with Gasteiger partial charge >= 0.3 is 11.3 Å². The summed E-state index contributed by atoms with van der Waals surface area (Å²) in [5.41, 5.74) is 1.22. The third-order valence-corrected chi connectivity index (χ3v) is 8.74. The zero-order valence-electron chi connectivity index (χ0n) is 26.9. The summed E-state index contributed by atoms with van der Waals surface area (Å²) in [4.78, 5) is 48.1. The summed E-state index contributed by atoms with van der Waals surface area (Å²) in [7, 11) is 2.93. The number of nitrogens with zero attached hydrogens (tertiary/aromatic N) is 2. The van der Waals surface area contributed by atoms with Crippen molar-refractivity contribution in [2.75, 3.05) is 14.2 Å². The van der Waals surface area contributed by atoms with Crippen LogP contribution in [-0.4, -0.2) is 24.1 Å². The van der Waals surface area contributed by atoms with Crippen molar-refractivity contribution in [3.05, 3.63) is 157 Å². The smallest absolute Gasteiger partial charge is 0.340 e. The molecule has 0 aliphatic heterocycles. The Kier molecular flexibility index (Phi) is 10.2. The molecule has 0 spiro atoms. The molecule has 6 aromatic rings. The highest BCUT2D eigenvalue weighted by molar-refractivity contribution is 6.33. The molecular weight excluding hydrogens is 707 g/mol. The lowest BCUT2D eigenvalue weighted by atomic mass is 9.98. The molecule has 0 atom stereocenters. The molecule has 0 N–H and O–H groups in total. The Morgan fingerprint density at radius 2 is 1.04 bits per heavy atom. The lowest BCUT2D eigenvalue weighted by molar-refractivity contribution is -0.385. The van der Waals surface area contributed by atoms with Crippen molar-refractivity contribution >= 4 is 56.5 Å². The van der Waals surface area contributed by atoms with Crippen LogP contribution in [0.3, 0.4) is 0 Å². The van der Waals surface area contributed by atoms with Crippen LogP contribution >= 0.6 is 23.2 Å². The maximum absolute atomic E-state index is 13.3. The van der Waals surface area contributed by atoms with E-state index in [1.54, 1.807) is 24.3 Å².